The van der Waals surface area contributed by atoms with Crippen molar-refractivity contribution < 1.29 is 4.79 Å². The van der Waals surface area contributed by atoms with Gasteiger partial charge in [0.1, 0.15) is 12.7 Å². The van der Waals surface area contributed by atoms with Crippen molar-refractivity contribution >= 4 is 46.1 Å². The predicted molar refractivity (Wildman–Crippen MR) is 110 cm³/mol. The molecule has 0 saturated heterocycles. The van der Waals surface area contributed by atoms with Crippen LogP contribution in [0.2, 0.25) is 9.36 Å². The summed E-state index contributed by atoms with van der Waals surface area (Å²) in [4.78, 5) is 19.6. The van der Waals surface area contributed by atoms with Gasteiger partial charge < -0.3 is 5.32 Å². The minimum Gasteiger partial charge on any atom is -0.323 e. The molecule has 0 unspecified atom stereocenters. The van der Waals surface area contributed by atoms with E-state index in [2.05, 4.69) is 22.0 Å². The molecule has 0 aliphatic heterocycles. The second-order valence-corrected chi connectivity index (χ2v) is 7.95. The van der Waals surface area contributed by atoms with Crippen LogP contribution in [-0.4, -0.2) is 38.7 Å². The molecule has 1 amide bonds. The Kier molecular flexibility index (Phi) is 6.63. The lowest BCUT2D eigenvalue weighted by atomic mass is 10.2. The van der Waals surface area contributed by atoms with Crippen molar-refractivity contribution in [3.63, 3.8) is 0 Å². The number of aromatic nitrogens is 3. The zero-order valence-corrected chi connectivity index (χ0v) is 16.6. The number of hydrogen-bond donors (Lipinski definition) is 1. The van der Waals surface area contributed by atoms with E-state index in [4.69, 9.17) is 23.2 Å². The highest BCUT2D eigenvalue weighted by atomic mass is 35.5. The summed E-state index contributed by atoms with van der Waals surface area (Å²) in [6, 6.07) is 9.01. The first-order chi connectivity index (χ1) is 13.0. The van der Waals surface area contributed by atoms with E-state index >= 15 is 0 Å². The Morgan fingerprint density at radius 2 is 2.19 bits per heavy atom. The highest BCUT2D eigenvalue weighted by Gasteiger charge is 2.14. The zero-order chi connectivity index (χ0) is 19.2. The highest BCUT2D eigenvalue weighted by molar-refractivity contribution is 7.16. The van der Waals surface area contributed by atoms with E-state index in [0.29, 0.717) is 29.5 Å². The minimum absolute atomic E-state index is 0.164. The third-order valence-corrected chi connectivity index (χ3v) is 5.11. The molecule has 1 aromatic carbocycles. The van der Waals surface area contributed by atoms with Gasteiger partial charge in [0.15, 0.2) is 0 Å². The van der Waals surface area contributed by atoms with Crippen LogP contribution in [0.15, 0.2) is 55.6 Å². The number of carbonyl (C=O) groups excluding carboxylic acids is 1. The molecule has 0 aliphatic rings. The molecule has 0 aliphatic carbocycles. The van der Waals surface area contributed by atoms with Crippen molar-refractivity contribution in [2.24, 2.45) is 0 Å². The van der Waals surface area contributed by atoms with Crippen LogP contribution in [0, 0.1) is 0 Å². The van der Waals surface area contributed by atoms with Gasteiger partial charge in [0.2, 0.25) is 5.91 Å². The second-order valence-electron chi connectivity index (χ2n) is 5.71. The van der Waals surface area contributed by atoms with Crippen LogP contribution in [0.5, 0.6) is 0 Å². The third kappa shape index (κ3) is 5.40. The maximum atomic E-state index is 12.6. The molecule has 0 spiro atoms. The van der Waals surface area contributed by atoms with Crippen LogP contribution in [0.25, 0.3) is 5.69 Å². The SMILES string of the molecule is C=CCN(CC(=O)Nc1cc(Cl)ccc1-n1cncn1)Cc1ccc(Cl)s1. The van der Waals surface area contributed by atoms with E-state index in [0.717, 1.165) is 9.21 Å². The Morgan fingerprint density at radius 1 is 1.33 bits per heavy atom. The zero-order valence-electron chi connectivity index (χ0n) is 14.3. The Labute approximate surface area is 171 Å². The minimum atomic E-state index is -0.164. The normalized spacial score (nSPS) is 10.9. The quantitative estimate of drug-likeness (QED) is 0.551. The summed E-state index contributed by atoms with van der Waals surface area (Å²) in [5.74, 6) is -0.164. The van der Waals surface area contributed by atoms with E-state index < -0.39 is 0 Å². The number of rotatable bonds is 8. The number of benzene rings is 1. The van der Waals surface area contributed by atoms with Gasteiger partial charge in [-0.15, -0.1) is 17.9 Å². The van der Waals surface area contributed by atoms with E-state index in [1.165, 1.54) is 17.7 Å². The number of halogens is 2. The number of nitrogens with zero attached hydrogens (tertiary/aromatic N) is 4. The summed E-state index contributed by atoms with van der Waals surface area (Å²) in [7, 11) is 0. The number of hydrogen-bond acceptors (Lipinski definition) is 5. The standard InChI is InChI=1S/C18H17Cl2N5OS/c1-2-7-24(9-14-4-6-17(20)27-14)10-18(26)23-15-8-13(19)3-5-16(15)25-12-21-11-22-25/h2-6,8,11-12H,1,7,9-10H2,(H,23,26). The Morgan fingerprint density at radius 3 is 2.85 bits per heavy atom. The summed E-state index contributed by atoms with van der Waals surface area (Å²) < 4.78 is 2.30. The number of amides is 1. The average Bonchev–Trinajstić information content (AvgIpc) is 3.27. The lowest BCUT2D eigenvalue weighted by Gasteiger charge is -2.20. The molecule has 2 heterocycles. The van der Waals surface area contributed by atoms with Crippen molar-refractivity contribution in [2.75, 3.05) is 18.4 Å². The summed E-state index contributed by atoms with van der Waals surface area (Å²) in [5.41, 5.74) is 1.25. The van der Waals surface area contributed by atoms with Gasteiger partial charge in [-0.25, -0.2) is 9.67 Å². The maximum absolute atomic E-state index is 12.6. The van der Waals surface area contributed by atoms with Crippen molar-refractivity contribution in [3.05, 3.63) is 69.9 Å². The van der Waals surface area contributed by atoms with Gasteiger partial charge in [0.25, 0.3) is 0 Å². The summed E-state index contributed by atoms with van der Waals surface area (Å²) >= 11 is 13.6. The van der Waals surface area contributed by atoms with Gasteiger partial charge in [-0.05, 0) is 30.3 Å². The summed E-state index contributed by atoms with van der Waals surface area (Å²) in [6.07, 6.45) is 4.75. The molecule has 9 heteroatoms. The van der Waals surface area contributed by atoms with Gasteiger partial charge >= 0.3 is 0 Å². The highest BCUT2D eigenvalue weighted by Crippen LogP contribution is 2.25. The first-order valence-electron chi connectivity index (χ1n) is 8.07. The summed E-state index contributed by atoms with van der Waals surface area (Å²) in [5, 5.41) is 7.54. The predicted octanol–water partition coefficient (Wildman–Crippen LogP) is 4.26. The smallest absolute Gasteiger partial charge is 0.238 e. The van der Waals surface area contributed by atoms with Gasteiger partial charge in [-0.3, -0.25) is 9.69 Å². The maximum Gasteiger partial charge on any atom is 0.238 e. The number of thiophene rings is 1. The molecule has 6 nitrogen and oxygen atoms in total. The van der Waals surface area contributed by atoms with Gasteiger partial charge in [0.05, 0.1) is 22.3 Å². The molecular formula is C18H17Cl2N5OS. The lowest BCUT2D eigenvalue weighted by molar-refractivity contribution is -0.117. The molecular weight excluding hydrogens is 405 g/mol. The molecule has 0 radical (unpaired) electrons. The monoisotopic (exact) mass is 421 g/mol. The molecule has 140 valence electrons. The molecule has 0 bridgehead atoms. The molecule has 27 heavy (non-hydrogen) atoms. The molecule has 3 rings (SSSR count). The van der Waals surface area contributed by atoms with Crippen LogP contribution >= 0.6 is 34.5 Å². The number of nitrogens with one attached hydrogen (secondary N) is 1. The van der Waals surface area contributed by atoms with E-state index in [1.807, 2.05) is 17.0 Å². The van der Waals surface area contributed by atoms with Crippen LogP contribution in [0.3, 0.4) is 0 Å². The molecule has 1 N–H and O–H groups in total. The number of carbonyl (C=O) groups is 1. The van der Waals surface area contributed by atoms with Crippen molar-refractivity contribution in [2.45, 2.75) is 6.54 Å². The Balaban J connectivity index is 1.72. The fourth-order valence-corrected chi connectivity index (χ4v) is 3.86. The molecule has 0 fully saturated rings. The van der Waals surface area contributed by atoms with Gasteiger partial charge in [0, 0.05) is 23.0 Å². The Hall–Kier alpha value is -2.19. The van der Waals surface area contributed by atoms with Crippen molar-refractivity contribution in [1.29, 1.82) is 0 Å². The topological polar surface area (TPSA) is 63.1 Å². The van der Waals surface area contributed by atoms with Crippen LogP contribution < -0.4 is 5.32 Å². The fraction of sp³-hybridized carbons (Fsp3) is 0.167. The van der Waals surface area contributed by atoms with Crippen molar-refractivity contribution in [1.82, 2.24) is 19.7 Å². The van der Waals surface area contributed by atoms with Crippen molar-refractivity contribution in [3.8, 4) is 5.69 Å². The van der Waals surface area contributed by atoms with Crippen LogP contribution in [0.4, 0.5) is 5.69 Å². The van der Waals surface area contributed by atoms with Crippen LogP contribution in [0.1, 0.15) is 4.88 Å². The molecule has 0 atom stereocenters. The van der Waals surface area contributed by atoms with E-state index in [1.54, 1.807) is 35.3 Å². The average molecular weight is 422 g/mol. The molecule has 3 aromatic rings. The fourth-order valence-electron chi connectivity index (χ4n) is 2.56. The van der Waals surface area contributed by atoms with Gasteiger partial charge in [-0.1, -0.05) is 29.3 Å². The Bertz CT molecular complexity index is 926. The lowest BCUT2D eigenvalue weighted by Crippen LogP contribution is -2.33. The third-order valence-electron chi connectivity index (χ3n) is 3.66. The number of anilines is 1. The molecule has 0 saturated carbocycles. The van der Waals surface area contributed by atoms with E-state index in [9.17, 15) is 4.79 Å². The molecule has 2 aromatic heterocycles. The second kappa shape index (κ2) is 9.14. The van der Waals surface area contributed by atoms with Gasteiger partial charge in [-0.2, -0.15) is 5.10 Å². The summed E-state index contributed by atoms with van der Waals surface area (Å²) in [6.45, 7) is 5.16. The first-order valence-corrected chi connectivity index (χ1v) is 9.64. The van der Waals surface area contributed by atoms with Crippen LogP contribution in [-0.2, 0) is 11.3 Å². The largest absolute Gasteiger partial charge is 0.323 e. The van der Waals surface area contributed by atoms with E-state index in [-0.39, 0.29) is 12.5 Å². The first kappa shape index (κ1) is 19.6.